The molecule has 0 heterocycles. The summed E-state index contributed by atoms with van der Waals surface area (Å²) < 4.78 is 0. The molecule has 0 spiro atoms. The standard InChI is InChI=1S/C4H11N3/c1-2-3-6-4-7-5/h5-6H,2-4H2,1H3. The summed E-state index contributed by atoms with van der Waals surface area (Å²) in [7, 11) is 0. The molecule has 7 heavy (non-hydrogen) atoms. The van der Waals surface area contributed by atoms with E-state index in [1.807, 2.05) is 0 Å². The molecule has 0 saturated heterocycles. The second kappa shape index (κ2) is 5.56. The summed E-state index contributed by atoms with van der Waals surface area (Å²) in [4.78, 5) is 0. The average molecular weight is 101 g/mol. The predicted octanol–water partition coefficient (Wildman–Crippen LogP) is 0.974. The lowest BCUT2D eigenvalue weighted by atomic mass is 10.5. The molecule has 0 aromatic rings. The van der Waals surface area contributed by atoms with Crippen molar-refractivity contribution in [1.29, 1.82) is 5.53 Å². The van der Waals surface area contributed by atoms with Gasteiger partial charge in [-0.1, -0.05) is 6.92 Å². The van der Waals surface area contributed by atoms with Gasteiger partial charge in [0, 0.05) is 0 Å². The molecule has 42 valence electrons. The van der Waals surface area contributed by atoms with Crippen molar-refractivity contribution in [1.82, 2.24) is 5.32 Å². The van der Waals surface area contributed by atoms with Crippen molar-refractivity contribution >= 4 is 0 Å². The van der Waals surface area contributed by atoms with E-state index in [2.05, 4.69) is 17.4 Å². The third-order valence-corrected chi connectivity index (χ3v) is 0.618. The molecule has 0 radical (unpaired) electrons. The van der Waals surface area contributed by atoms with Crippen molar-refractivity contribution in [3.63, 3.8) is 0 Å². The molecule has 0 amide bonds. The Bertz CT molecular complexity index is 44.2. The van der Waals surface area contributed by atoms with Crippen LogP contribution >= 0.6 is 0 Å². The van der Waals surface area contributed by atoms with Crippen molar-refractivity contribution in [2.24, 2.45) is 5.11 Å². The predicted molar refractivity (Wildman–Crippen MR) is 28.3 cm³/mol. The maximum atomic E-state index is 6.34. The highest BCUT2D eigenvalue weighted by atomic mass is 15.1. The van der Waals surface area contributed by atoms with Crippen LogP contribution in [-0.4, -0.2) is 13.2 Å². The van der Waals surface area contributed by atoms with Gasteiger partial charge in [0.05, 0.1) is 0 Å². The van der Waals surface area contributed by atoms with E-state index in [1.165, 1.54) is 0 Å². The van der Waals surface area contributed by atoms with Crippen LogP contribution < -0.4 is 5.32 Å². The Hall–Kier alpha value is -0.440. The van der Waals surface area contributed by atoms with Gasteiger partial charge in [0.25, 0.3) is 0 Å². The summed E-state index contributed by atoms with van der Waals surface area (Å²) in [5.41, 5.74) is 6.34. The molecule has 2 N–H and O–H groups in total. The van der Waals surface area contributed by atoms with Crippen LogP contribution in [0.15, 0.2) is 5.11 Å². The fourth-order valence-corrected chi connectivity index (χ4v) is 0.312. The minimum Gasteiger partial charge on any atom is -0.297 e. The highest BCUT2D eigenvalue weighted by Gasteiger charge is 1.75. The van der Waals surface area contributed by atoms with Crippen LogP contribution in [0.5, 0.6) is 0 Å². The summed E-state index contributed by atoms with van der Waals surface area (Å²) in [6, 6.07) is 0. The third kappa shape index (κ3) is 5.56. The van der Waals surface area contributed by atoms with Crippen LogP contribution in [0.25, 0.3) is 0 Å². The van der Waals surface area contributed by atoms with E-state index in [9.17, 15) is 0 Å². The van der Waals surface area contributed by atoms with Crippen LogP contribution in [0.2, 0.25) is 0 Å². The molecule has 0 saturated carbocycles. The summed E-state index contributed by atoms with van der Waals surface area (Å²) in [5.74, 6) is 0. The minimum atomic E-state index is 0.466. The van der Waals surface area contributed by atoms with Gasteiger partial charge < -0.3 is 0 Å². The Morgan fingerprint density at radius 3 is 2.86 bits per heavy atom. The van der Waals surface area contributed by atoms with E-state index in [0.717, 1.165) is 13.0 Å². The lowest BCUT2D eigenvalue weighted by molar-refractivity contribution is 0.663. The van der Waals surface area contributed by atoms with Gasteiger partial charge >= 0.3 is 0 Å². The zero-order chi connectivity index (χ0) is 5.54. The van der Waals surface area contributed by atoms with Crippen molar-refractivity contribution < 1.29 is 0 Å². The number of hydrogen-bond acceptors (Lipinski definition) is 3. The average Bonchev–Trinajstić information content (AvgIpc) is 1.69. The number of nitrogens with zero attached hydrogens (tertiary/aromatic N) is 1. The van der Waals surface area contributed by atoms with Crippen molar-refractivity contribution in [2.45, 2.75) is 13.3 Å². The Kier molecular flexibility index (Phi) is 5.21. The van der Waals surface area contributed by atoms with E-state index >= 15 is 0 Å². The van der Waals surface area contributed by atoms with Crippen LogP contribution in [0.1, 0.15) is 13.3 Å². The number of hydrogen-bond donors (Lipinski definition) is 2. The quantitative estimate of drug-likeness (QED) is 0.402. The van der Waals surface area contributed by atoms with Crippen LogP contribution in [-0.2, 0) is 0 Å². The summed E-state index contributed by atoms with van der Waals surface area (Å²) in [6.07, 6.45) is 1.11. The molecule has 3 heteroatoms. The summed E-state index contributed by atoms with van der Waals surface area (Å²) in [6.45, 7) is 3.51. The van der Waals surface area contributed by atoms with Gasteiger partial charge in [0.2, 0.25) is 0 Å². The monoisotopic (exact) mass is 101 g/mol. The Labute approximate surface area is 43.6 Å². The normalized spacial score (nSPS) is 8.71. The Balaban J connectivity index is 2.56. The number of nitrogens with one attached hydrogen (secondary N) is 2. The maximum absolute atomic E-state index is 6.34. The molecule has 0 aromatic carbocycles. The van der Waals surface area contributed by atoms with Gasteiger partial charge in [0.15, 0.2) is 0 Å². The highest BCUT2D eigenvalue weighted by Crippen LogP contribution is 1.67. The summed E-state index contributed by atoms with van der Waals surface area (Å²) >= 11 is 0. The molecule has 0 aliphatic rings. The molecule has 0 rings (SSSR count). The molecule has 3 nitrogen and oxygen atoms in total. The van der Waals surface area contributed by atoms with Gasteiger partial charge in [-0.25, -0.2) is 5.53 Å². The fraction of sp³-hybridized carbons (Fsp3) is 1.00. The third-order valence-electron chi connectivity index (χ3n) is 0.618. The van der Waals surface area contributed by atoms with Gasteiger partial charge in [-0.05, 0) is 13.0 Å². The Morgan fingerprint density at radius 1 is 1.71 bits per heavy atom. The minimum absolute atomic E-state index is 0.466. The van der Waals surface area contributed by atoms with Crippen molar-refractivity contribution in [2.75, 3.05) is 13.2 Å². The second-order valence-electron chi connectivity index (χ2n) is 1.32. The molecule has 0 bridgehead atoms. The molecule has 0 fully saturated rings. The molecule has 0 unspecified atom stereocenters. The van der Waals surface area contributed by atoms with Gasteiger partial charge in [0.1, 0.15) is 6.67 Å². The maximum Gasteiger partial charge on any atom is 0.109 e. The fourth-order valence-electron chi connectivity index (χ4n) is 0.312. The first-order valence-corrected chi connectivity index (χ1v) is 2.45. The van der Waals surface area contributed by atoms with E-state index in [0.29, 0.717) is 6.67 Å². The van der Waals surface area contributed by atoms with E-state index in [-0.39, 0.29) is 0 Å². The van der Waals surface area contributed by atoms with Crippen molar-refractivity contribution in [3.8, 4) is 0 Å². The smallest absolute Gasteiger partial charge is 0.109 e. The lowest BCUT2D eigenvalue weighted by Crippen LogP contribution is -2.13. The first-order valence-electron chi connectivity index (χ1n) is 2.45. The molecule has 0 aliphatic heterocycles. The van der Waals surface area contributed by atoms with E-state index < -0.39 is 0 Å². The van der Waals surface area contributed by atoms with Crippen LogP contribution in [0.3, 0.4) is 0 Å². The van der Waals surface area contributed by atoms with Gasteiger partial charge in [-0.3, -0.25) is 5.32 Å². The Morgan fingerprint density at radius 2 is 2.43 bits per heavy atom. The summed E-state index contributed by atoms with van der Waals surface area (Å²) in [5, 5.41) is 6.04. The van der Waals surface area contributed by atoms with E-state index in [1.54, 1.807) is 0 Å². The zero-order valence-electron chi connectivity index (χ0n) is 4.57. The molecule has 0 aromatic heterocycles. The largest absolute Gasteiger partial charge is 0.297 e. The molecule has 0 atom stereocenters. The molecule has 0 aliphatic carbocycles. The molecular weight excluding hydrogens is 90.1 g/mol. The highest BCUT2D eigenvalue weighted by molar-refractivity contribution is 4.35. The first-order chi connectivity index (χ1) is 3.41. The van der Waals surface area contributed by atoms with E-state index in [4.69, 9.17) is 5.53 Å². The lowest BCUT2D eigenvalue weighted by Gasteiger charge is -1.91. The first kappa shape index (κ1) is 6.56. The zero-order valence-corrected chi connectivity index (χ0v) is 4.57. The topological polar surface area (TPSA) is 48.2 Å². The van der Waals surface area contributed by atoms with Gasteiger partial charge in [-0.15, -0.1) is 0 Å². The molecular formula is C4H11N3. The second-order valence-corrected chi connectivity index (χ2v) is 1.32. The van der Waals surface area contributed by atoms with Crippen molar-refractivity contribution in [3.05, 3.63) is 0 Å². The van der Waals surface area contributed by atoms with Crippen LogP contribution in [0, 0.1) is 5.53 Å². The van der Waals surface area contributed by atoms with Crippen LogP contribution in [0.4, 0.5) is 0 Å². The number of rotatable bonds is 4. The SMILES string of the molecule is CCCNCN=N. The van der Waals surface area contributed by atoms with Gasteiger partial charge in [-0.2, -0.15) is 5.11 Å².